The van der Waals surface area contributed by atoms with Gasteiger partial charge in [-0.3, -0.25) is 4.79 Å². The van der Waals surface area contributed by atoms with Gasteiger partial charge in [-0.2, -0.15) is 0 Å². The van der Waals surface area contributed by atoms with Crippen LogP contribution in [0.5, 0.6) is 11.5 Å². The summed E-state index contributed by atoms with van der Waals surface area (Å²) in [6.45, 7) is 1.61. The highest BCUT2D eigenvalue weighted by Crippen LogP contribution is 2.37. The highest BCUT2D eigenvalue weighted by Gasteiger charge is 2.38. The lowest BCUT2D eigenvalue weighted by molar-refractivity contribution is -0.127. The van der Waals surface area contributed by atoms with Gasteiger partial charge in [0, 0.05) is 37.4 Å². The third kappa shape index (κ3) is 6.35. The lowest BCUT2D eigenvalue weighted by atomic mass is 10.1. The van der Waals surface area contributed by atoms with E-state index in [2.05, 4.69) is 25.9 Å². The fraction of sp³-hybridized carbons (Fsp3) is 0.345. The molecule has 1 aliphatic rings. The van der Waals surface area contributed by atoms with Crippen molar-refractivity contribution >= 4 is 34.4 Å². The first kappa shape index (κ1) is 27.8. The molecule has 2 heterocycles. The molecule has 0 unspecified atom stereocenters. The van der Waals surface area contributed by atoms with Crippen molar-refractivity contribution in [1.29, 1.82) is 0 Å². The van der Waals surface area contributed by atoms with Gasteiger partial charge in [-0.1, -0.05) is 17.7 Å². The molecule has 0 aliphatic heterocycles. The molecule has 4 N–H and O–H groups in total. The van der Waals surface area contributed by atoms with Crippen LogP contribution in [0.25, 0.3) is 11.0 Å². The summed E-state index contributed by atoms with van der Waals surface area (Å²) in [5, 5.41) is 21.4. The van der Waals surface area contributed by atoms with Crippen LogP contribution >= 0.6 is 11.6 Å². The van der Waals surface area contributed by atoms with Crippen LogP contribution in [0.3, 0.4) is 0 Å². The molecule has 1 saturated carbocycles. The third-order valence-electron chi connectivity index (χ3n) is 7.18. The molecule has 0 bridgehead atoms. The molecule has 0 radical (unpaired) electrons. The van der Waals surface area contributed by atoms with Crippen molar-refractivity contribution in [3.63, 3.8) is 0 Å². The van der Waals surface area contributed by atoms with Crippen molar-refractivity contribution in [1.82, 2.24) is 25.2 Å². The molecule has 2 aromatic carbocycles. The molecule has 1 aliphatic carbocycles. The Labute approximate surface area is 236 Å². The monoisotopic (exact) mass is 566 g/mol. The van der Waals surface area contributed by atoms with Gasteiger partial charge in [-0.25, -0.2) is 14.4 Å². The molecular weight excluding hydrogens is 535 g/mol. The van der Waals surface area contributed by atoms with Gasteiger partial charge in [0.2, 0.25) is 5.91 Å². The van der Waals surface area contributed by atoms with E-state index in [-0.39, 0.29) is 17.7 Å². The number of aliphatic hydroxyl groups excluding tert-OH is 1. The number of fused-ring (bicyclic) bond motifs is 1. The summed E-state index contributed by atoms with van der Waals surface area (Å²) in [6.07, 6.45) is 4.46. The maximum Gasteiger partial charge on any atom is 0.225 e. The van der Waals surface area contributed by atoms with Gasteiger partial charge in [0.1, 0.15) is 23.5 Å². The average Bonchev–Trinajstić information content (AvgIpc) is 3.56. The number of anilines is 1. The maximum atomic E-state index is 14.5. The van der Waals surface area contributed by atoms with Gasteiger partial charge in [-0.15, -0.1) is 0 Å². The van der Waals surface area contributed by atoms with Crippen LogP contribution in [0.15, 0.2) is 61.1 Å². The predicted molar refractivity (Wildman–Crippen MR) is 152 cm³/mol. The van der Waals surface area contributed by atoms with Crippen LogP contribution in [-0.4, -0.2) is 51.8 Å². The standard InChI is InChI=1S/C29H32ClFN6O3/c1-32-27-22-9-12-37(28(22)36-17-35-27)20-14-23(25(38)15-20)29(39)34-11-2-10-33-16-18-3-8-26(24(31)13-18)40-21-6-4-19(30)5-7-21/h3-9,12-13,17,20,23,25,33,38H,2,10-11,14-16H2,1H3,(H,34,39)(H,32,35,36)/t20-,23+,25+/m1/s1. The third-order valence-corrected chi connectivity index (χ3v) is 7.43. The average molecular weight is 567 g/mol. The van der Waals surface area contributed by atoms with Gasteiger partial charge in [0.15, 0.2) is 11.6 Å². The molecule has 1 amide bonds. The van der Waals surface area contributed by atoms with Crippen LogP contribution in [0.4, 0.5) is 10.2 Å². The quantitative estimate of drug-likeness (QED) is 0.195. The first-order valence-corrected chi connectivity index (χ1v) is 13.7. The number of halogens is 2. The normalized spacial score (nSPS) is 18.6. The lowest BCUT2D eigenvalue weighted by Gasteiger charge is -2.15. The Bertz CT molecular complexity index is 1460. The van der Waals surface area contributed by atoms with Gasteiger partial charge in [0.05, 0.1) is 17.4 Å². The minimum atomic E-state index is -0.715. The molecule has 40 heavy (non-hydrogen) atoms. The van der Waals surface area contributed by atoms with Crippen LogP contribution in [-0.2, 0) is 11.3 Å². The number of carbonyl (C=O) groups excluding carboxylic acids is 1. The van der Waals surface area contributed by atoms with E-state index in [1.165, 1.54) is 12.4 Å². The lowest BCUT2D eigenvalue weighted by Crippen LogP contribution is -2.36. The van der Waals surface area contributed by atoms with Gasteiger partial charge in [0.25, 0.3) is 0 Å². The van der Waals surface area contributed by atoms with E-state index in [0.29, 0.717) is 49.7 Å². The number of rotatable bonds is 11. The number of nitrogens with one attached hydrogen (secondary N) is 3. The zero-order valence-electron chi connectivity index (χ0n) is 22.1. The van der Waals surface area contributed by atoms with Crippen LogP contribution < -0.4 is 20.7 Å². The number of aromatic nitrogens is 3. The summed E-state index contributed by atoms with van der Waals surface area (Å²) in [6, 6.07) is 13.5. The molecule has 9 nitrogen and oxygen atoms in total. The second-order valence-electron chi connectivity index (χ2n) is 9.87. The molecule has 11 heteroatoms. The van der Waals surface area contributed by atoms with E-state index in [9.17, 15) is 14.3 Å². The molecule has 4 aromatic rings. The Balaban J connectivity index is 1.04. The summed E-state index contributed by atoms with van der Waals surface area (Å²) in [5.74, 6) is 0.333. The number of aliphatic hydroxyl groups is 1. The second-order valence-corrected chi connectivity index (χ2v) is 10.3. The smallest absolute Gasteiger partial charge is 0.225 e. The molecule has 0 spiro atoms. The topological polar surface area (TPSA) is 113 Å². The molecule has 1 fully saturated rings. The highest BCUT2D eigenvalue weighted by molar-refractivity contribution is 6.30. The van der Waals surface area contributed by atoms with Crippen LogP contribution in [0.1, 0.15) is 30.9 Å². The number of benzene rings is 2. The SMILES string of the molecule is CNc1ncnc2c1ccn2[C@@H]1C[C@H](C(=O)NCCCNCc2ccc(Oc3ccc(Cl)cc3)c(F)c2)[C@@H](O)C1. The molecule has 3 atom stereocenters. The van der Waals surface area contributed by atoms with E-state index < -0.39 is 17.8 Å². The minimum absolute atomic E-state index is 0.0205. The Morgan fingerprint density at radius 1 is 1.15 bits per heavy atom. The Hall–Kier alpha value is -3.73. The number of ether oxygens (including phenoxy) is 1. The van der Waals surface area contributed by atoms with E-state index >= 15 is 0 Å². The van der Waals surface area contributed by atoms with Crippen molar-refractivity contribution in [3.05, 3.63) is 77.5 Å². The Kier molecular flexibility index (Phi) is 8.78. The van der Waals surface area contributed by atoms with E-state index in [1.807, 2.05) is 23.9 Å². The number of amides is 1. The van der Waals surface area contributed by atoms with Gasteiger partial charge in [-0.05, 0) is 73.8 Å². The number of carbonyl (C=O) groups is 1. The van der Waals surface area contributed by atoms with E-state index in [4.69, 9.17) is 16.3 Å². The first-order chi connectivity index (χ1) is 19.4. The largest absolute Gasteiger partial charge is 0.454 e. The Morgan fingerprint density at radius 3 is 2.75 bits per heavy atom. The summed E-state index contributed by atoms with van der Waals surface area (Å²) in [4.78, 5) is 21.5. The van der Waals surface area contributed by atoms with Crippen LogP contribution in [0.2, 0.25) is 5.02 Å². The van der Waals surface area contributed by atoms with E-state index in [1.54, 1.807) is 36.4 Å². The fourth-order valence-electron chi connectivity index (χ4n) is 5.12. The molecule has 2 aromatic heterocycles. The molecule has 0 saturated heterocycles. The Morgan fingerprint density at radius 2 is 1.98 bits per heavy atom. The molecule has 5 rings (SSSR count). The summed E-state index contributed by atoms with van der Waals surface area (Å²) in [5.41, 5.74) is 1.57. The predicted octanol–water partition coefficient (Wildman–Crippen LogP) is 4.67. The maximum absolute atomic E-state index is 14.5. The van der Waals surface area contributed by atoms with E-state index in [0.717, 1.165) is 22.4 Å². The highest BCUT2D eigenvalue weighted by atomic mass is 35.5. The zero-order chi connectivity index (χ0) is 28.1. The summed E-state index contributed by atoms with van der Waals surface area (Å²) >= 11 is 5.87. The first-order valence-electron chi connectivity index (χ1n) is 13.3. The second kappa shape index (κ2) is 12.6. The zero-order valence-corrected chi connectivity index (χ0v) is 22.9. The van der Waals surface area contributed by atoms with Crippen molar-refractivity contribution in [3.8, 4) is 11.5 Å². The van der Waals surface area contributed by atoms with Crippen molar-refractivity contribution in [2.24, 2.45) is 5.92 Å². The summed E-state index contributed by atoms with van der Waals surface area (Å²) in [7, 11) is 1.81. The number of hydrogen-bond donors (Lipinski definition) is 4. The van der Waals surface area contributed by atoms with Crippen molar-refractivity contribution < 1.29 is 19.0 Å². The molecular formula is C29H32ClFN6O3. The van der Waals surface area contributed by atoms with Crippen molar-refractivity contribution in [2.45, 2.75) is 38.0 Å². The summed E-state index contributed by atoms with van der Waals surface area (Å²) < 4.78 is 22.1. The number of nitrogens with zero attached hydrogens (tertiary/aromatic N) is 3. The molecule has 210 valence electrons. The van der Waals surface area contributed by atoms with Crippen molar-refractivity contribution in [2.75, 3.05) is 25.5 Å². The van der Waals surface area contributed by atoms with Gasteiger partial charge < -0.3 is 30.4 Å². The van der Waals surface area contributed by atoms with Crippen LogP contribution in [0, 0.1) is 11.7 Å². The minimum Gasteiger partial charge on any atom is -0.454 e. The fourth-order valence-corrected chi connectivity index (χ4v) is 5.24. The van der Waals surface area contributed by atoms with Gasteiger partial charge >= 0.3 is 0 Å². The number of hydrogen-bond acceptors (Lipinski definition) is 7.